The number of anilines is 2. The molecule has 1 aliphatic rings. The molecule has 10 nitrogen and oxygen atoms in total. The Morgan fingerprint density at radius 3 is 2.81 bits per heavy atom. The third-order valence-electron chi connectivity index (χ3n) is 6.45. The van der Waals surface area contributed by atoms with Crippen molar-refractivity contribution in [1.82, 2.24) is 30.1 Å². The number of pyridine rings is 1. The van der Waals surface area contributed by atoms with Crippen molar-refractivity contribution in [2.24, 2.45) is 5.92 Å². The summed E-state index contributed by atoms with van der Waals surface area (Å²) in [6.07, 6.45) is 4.26. The number of amides is 1. The number of rotatable bonds is 6. The van der Waals surface area contributed by atoms with E-state index in [1.807, 2.05) is 24.4 Å². The number of nitrogens with zero attached hydrogens (tertiary/aromatic N) is 7. The van der Waals surface area contributed by atoms with E-state index in [2.05, 4.69) is 57.7 Å². The highest BCUT2D eigenvalue weighted by Crippen LogP contribution is 2.36. The van der Waals surface area contributed by atoms with E-state index >= 15 is 0 Å². The second-order valence-corrected chi connectivity index (χ2v) is 10.7. The van der Waals surface area contributed by atoms with Gasteiger partial charge in [-0.05, 0) is 50.5 Å². The van der Waals surface area contributed by atoms with Crippen LogP contribution in [0.1, 0.15) is 39.7 Å². The fraction of sp³-hybridized carbons (Fsp3) is 0.385. The molecule has 0 aliphatic carbocycles. The summed E-state index contributed by atoms with van der Waals surface area (Å²) in [6, 6.07) is 10.2. The molecule has 0 radical (unpaired) electrons. The van der Waals surface area contributed by atoms with Crippen molar-refractivity contribution in [3.05, 3.63) is 42.2 Å². The molecule has 0 saturated carbocycles. The quantitative estimate of drug-likeness (QED) is 0.395. The van der Waals surface area contributed by atoms with Crippen LogP contribution in [0.3, 0.4) is 0 Å². The summed E-state index contributed by atoms with van der Waals surface area (Å²) in [7, 11) is 0. The van der Waals surface area contributed by atoms with Gasteiger partial charge in [0.05, 0.1) is 34.2 Å². The third-order valence-corrected chi connectivity index (χ3v) is 7.47. The van der Waals surface area contributed by atoms with Gasteiger partial charge in [0.2, 0.25) is 11.0 Å². The molecular formula is C26H29N9OS. The van der Waals surface area contributed by atoms with E-state index in [0.717, 1.165) is 57.8 Å². The topological polar surface area (TPSA) is 124 Å². The van der Waals surface area contributed by atoms with E-state index in [4.69, 9.17) is 4.98 Å². The van der Waals surface area contributed by atoms with E-state index in [9.17, 15) is 10.1 Å². The number of hydrogen-bond donors (Lipinski definition) is 2. The molecule has 11 heteroatoms. The smallest absolute Gasteiger partial charge is 0.217 e. The van der Waals surface area contributed by atoms with Crippen LogP contribution in [0.4, 0.5) is 10.8 Å². The highest BCUT2D eigenvalue weighted by atomic mass is 32.1. The highest BCUT2D eigenvalue weighted by Gasteiger charge is 2.28. The Morgan fingerprint density at radius 1 is 1.24 bits per heavy atom. The fourth-order valence-corrected chi connectivity index (χ4v) is 5.60. The maximum Gasteiger partial charge on any atom is 0.217 e. The minimum absolute atomic E-state index is 0.0143. The average Bonchev–Trinajstić information content (AvgIpc) is 3.52. The Balaban J connectivity index is 1.43. The lowest BCUT2D eigenvalue weighted by Crippen LogP contribution is -2.49. The molecule has 37 heavy (non-hydrogen) atoms. The molecule has 0 bridgehead atoms. The van der Waals surface area contributed by atoms with E-state index in [-0.39, 0.29) is 18.0 Å². The molecule has 2 atom stereocenters. The molecule has 0 unspecified atom stereocenters. The highest BCUT2D eigenvalue weighted by molar-refractivity contribution is 7.18. The molecule has 2 N–H and O–H groups in total. The Labute approximate surface area is 219 Å². The SMILES string of the molecule is CC(=O)N[C@@H]1CCN(c2nnc(-c3cnc(-c4ccc5cc(C#N)cnn45)cc3NC(C)C)s2)C[C@@H]1C. The van der Waals surface area contributed by atoms with E-state index < -0.39 is 0 Å². The number of carbonyl (C=O) groups is 1. The molecule has 1 aliphatic heterocycles. The Bertz CT molecular complexity index is 1480. The Kier molecular flexibility index (Phi) is 6.76. The third kappa shape index (κ3) is 5.11. The Morgan fingerprint density at radius 2 is 2.08 bits per heavy atom. The number of nitriles is 1. The predicted molar refractivity (Wildman–Crippen MR) is 144 cm³/mol. The summed E-state index contributed by atoms with van der Waals surface area (Å²) >= 11 is 1.55. The van der Waals surface area contributed by atoms with Crippen molar-refractivity contribution < 1.29 is 4.79 Å². The first-order valence-corrected chi connectivity index (χ1v) is 13.1. The first-order chi connectivity index (χ1) is 17.8. The summed E-state index contributed by atoms with van der Waals surface area (Å²) in [5.41, 5.74) is 4.77. The number of hydrogen-bond acceptors (Lipinski definition) is 9. The van der Waals surface area contributed by atoms with Crippen molar-refractivity contribution in [3.8, 4) is 28.0 Å². The Hall–Kier alpha value is -4.04. The predicted octanol–water partition coefficient (Wildman–Crippen LogP) is 3.96. The molecule has 5 rings (SSSR count). The van der Waals surface area contributed by atoms with Crippen molar-refractivity contribution in [2.75, 3.05) is 23.3 Å². The maximum absolute atomic E-state index is 11.5. The number of nitrogens with one attached hydrogen (secondary N) is 2. The van der Waals surface area contributed by atoms with Crippen LogP contribution < -0.4 is 15.5 Å². The van der Waals surface area contributed by atoms with Crippen LogP contribution in [-0.4, -0.2) is 55.9 Å². The van der Waals surface area contributed by atoms with Crippen LogP contribution in [0.5, 0.6) is 0 Å². The van der Waals surface area contributed by atoms with Crippen LogP contribution in [0, 0.1) is 17.2 Å². The van der Waals surface area contributed by atoms with Gasteiger partial charge in [0, 0.05) is 44.0 Å². The standard InChI is InChI=1S/C26H29N9OS/c1-15(2)30-22-10-23(24-6-5-19-9-18(11-27)12-29-35(19)24)28-13-20(22)25-32-33-26(37-25)34-8-7-21(16(3)14-34)31-17(4)36/h5-6,9-10,12-13,15-16,21H,7-8,14H2,1-4H3,(H,28,30)(H,31,36)/t16-,21+/m0/s1. The molecule has 190 valence electrons. The number of aromatic nitrogens is 5. The molecule has 1 amide bonds. The summed E-state index contributed by atoms with van der Waals surface area (Å²) in [6.45, 7) is 9.54. The van der Waals surface area contributed by atoms with E-state index in [0.29, 0.717) is 11.5 Å². The van der Waals surface area contributed by atoms with Gasteiger partial charge in [-0.25, -0.2) is 4.52 Å². The minimum atomic E-state index is 0.0143. The van der Waals surface area contributed by atoms with Gasteiger partial charge in [-0.1, -0.05) is 18.3 Å². The zero-order chi connectivity index (χ0) is 26.1. The van der Waals surface area contributed by atoms with Gasteiger partial charge in [-0.15, -0.1) is 10.2 Å². The van der Waals surface area contributed by atoms with Gasteiger partial charge in [-0.3, -0.25) is 9.78 Å². The second-order valence-electron chi connectivity index (χ2n) is 9.73. The molecule has 0 spiro atoms. The largest absolute Gasteiger partial charge is 0.382 e. The van der Waals surface area contributed by atoms with Crippen molar-refractivity contribution >= 4 is 33.6 Å². The van der Waals surface area contributed by atoms with E-state index in [1.54, 1.807) is 35.0 Å². The van der Waals surface area contributed by atoms with Crippen LogP contribution in [0.15, 0.2) is 36.7 Å². The number of piperidine rings is 1. The average molecular weight is 516 g/mol. The molecule has 4 aromatic rings. The zero-order valence-corrected chi connectivity index (χ0v) is 22.1. The van der Waals surface area contributed by atoms with Gasteiger partial charge in [0.1, 0.15) is 6.07 Å². The normalized spacial score (nSPS) is 17.7. The van der Waals surface area contributed by atoms with Gasteiger partial charge >= 0.3 is 0 Å². The van der Waals surface area contributed by atoms with Crippen molar-refractivity contribution in [3.63, 3.8) is 0 Å². The van der Waals surface area contributed by atoms with Crippen LogP contribution in [0.25, 0.3) is 27.5 Å². The number of carbonyl (C=O) groups excluding carboxylic acids is 1. The molecular weight excluding hydrogens is 486 g/mol. The molecule has 5 heterocycles. The zero-order valence-electron chi connectivity index (χ0n) is 21.3. The van der Waals surface area contributed by atoms with Crippen molar-refractivity contribution in [2.45, 2.75) is 46.2 Å². The maximum atomic E-state index is 11.5. The summed E-state index contributed by atoms with van der Waals surface area (Å²) in [5, 5.41) is 30.9. The molecule has 4 aromatic heterocycles. The van der Waals surface area contributed by atoms with Gasteiger partial charge in [-0.2, -0.15) is 10.4 Å². The molecule has 1 fully saturated rings. The molecule has 1 saturated heterocycles. The lowest BCUT2D eigenvalue weighted by Gasteiger charge is -2.36. The number of fused-ring (bicyclic) bond motifs is 1. The molecule has 0 aromatic carbocycles. The second kappa shape index (κ2) is 10.1. The van der Waals surface area contributed by atoms with Crippen LogP contribution in [-0.2, 0) is 4.79 Å². The summed E-state index contributed by atoms with van der Waals surface area (Å²) in [4.78, 5) is 18.5. The van der Waals surface area contributed by atoms with Crippen LogP contribution >= 0.6 is 11.3 Å². The lowest BCUT2D eigenvalue weighted by molar-refractivity contribution is -0.120. The first-order valence-electron chi connectivity index (χ1n) is 12.3. The van der Waals surface area contributed by atoms with E-state index in [1.165, 1.54) is 0 Å². The summed E-state index contributed by atoms with van der Waals surface area (Å²) in [5.74, 6) is 0.333. The monoisotopic (exact) mass is 515 g/mol. The van der Waals surface area contributed by atoms with Crippen molar-refractivity contribution in [1.29, 1.82) is 5.26 Å². The minimum Gasteiger partial charge on any atom is -0.382 e. The van der Waals surface area contributed by atoms with Crippen LogP contribution in [0.2, 0.25) is 0 Å². The summed E-state index contributed by atoms with van der Waals surface area (Å²) < 4.78 is 1.79. The van der Waals surface area contributed by atoms with Gasteiger partial charge < -0.3 is 15.5 Å². The lowest BCUT2D eigenvalue weighted by atomic mass is 9.94. The first kappa shape index (κ1) is 24.6. The van der Waals surface area contributed by atoms with Gasteiger partial charge in [0.15, 0.2) is 5.01 Å². The fourth-order valence-electron chi connectivity index (χ4n) is 4.70. The van der Waals surface area contributed by atoms with Gasteiger partial charge in [0.25, 0.3) is 0 Å².